The molecule has 3 aromatic rings. The Morgan fingerprint density at radius 2 is 1.35 bits per heavy atom. The number of rotatable bonds is 5. The van der Waals surface area contributed by atoms with Crippen LogP contribution in [-0.4, -0.2) is 42.0 Å². The van der Waals surface area contributed by atoms with E-state index in [1.807, 2.05) is 47.4 Å². The van der Waals surface area contributed by atoms with E-state index in [-0.39, 0.29) is 12.1 Å². The Morgan fingerprint density at radius 3 is 1.94 bits per heavy atom. The number of urea groups is 1. The summed E-state index contributed by atoms with van der Waals surface area (Å²) in [6, 6.07) is 28.8. The first-order chi connectivity index (χ1) is 15.2. The Hall–Kier alpha value is -3.08. The molecule has 0 spiro atoms. The number of halogens is 1. The lowest BCUT2D eigenvalue weighted by Gasteiger charge is -2.39. The molecule has 0 bridgehead atoms. The number of benzene rings is 3. The highest BCUT2D eigenvalue weighted by atomic mass is 35.5. The zero-order chi connectivity index (χ0) is 21.5. The molecule has 158 valence electrons. The van der Waals surface area contributed by atoms with Gasteiger partial charge in [0.05, 0.1) is 6.04 Å². The van der Waals surface area contributed by atoms with Crippen LogP contribution in [0.3, 0.4) is 0 Å². The van der Waals surface area contributed by atoms with Gasteiger partial charge in [-0.15, -0.1) is 0 Å². The highest BCUT2D eigenvalue weighted by Crippen LogP contribution is 2.29. The fraction of sp³-hybridized carbons (Fsp3) is 0.192. The summed E-state index contributed by atoms with van der Waals surface area (Å²) in [6.07, 6.45) is 3.48. The van der Waals surface area contributed by atoms with Gasteiger partial charge in [-0.3, -0.25) is 4.90 Å². The number of carbonyl (C=O) groups is 1. The minimum atomic E-state index is -0.0843. The SMILES string of the molecule is O=C(N/C=C/c1ccccc1Cl)N1CCN(C(c2ccccc2)c2ccccc2)CC1. The average molecular weight is 432 g/mol. The van der Waals surface area contributed by atoms with Gasteiger partial charge in [-0.25, -0.2) is 4.79 Å². The second-order valence-electron chi connectivity index (χ2n) is 7.55. The fourth-order valence-corrected chi connectivity index (χ4v) is 4.17. The number of nitrogens with one attached hydrogen (secondary N) is 1. The third-order valence-electron chi connectivity index (χ3n) is 5.57. The summed E-state index contributed by atoms with van der Waals surface area (Å²) in [5.41, 5.74) is 3.42. The molecule has 0 atom stereocenters. The quantitative estimate of drug-likeness (QED) is 0.584. The summed E-state index contributed by atoms with van der Waals surface area (Å²) in [5.74, 6) is 0. The van der Waals surface area contributed by atoms with Crippen LogP contribution in [0.5, 0.6) is 0 Å². The minimum absolute atomic E-state index is 0.0843. The van der Waals surface area contributed by atoms with Crippen LogP contribution in [-0.2, 0) is 0 Å². The van der Waals surface area contributed by atoms with E-state index in [1.165, 1.54) is 11.1 Å². The van der Waals surface area contributed by atoms with E-state index >= 15 is 0 Å². The number of piperazine rings is 1. The molecule has 0 aromatic heterocycles. The van der Waals surface area contributed by atoms with Gasteiger partial charge < -0.3 is 10.2 Å². The zero-order valence-corrected chi connectivity index (χ0v) is 18.1. The van der Waals surface area contributed by atoms with Gasteiger partial charge in [0.2, 0.25) is 0 Å². The predicted molar refractivity (Wildman–Crippen MR) is 127 cm³/mol. The molecule has 1 aliphatic rings. The number of amides is 2. The second kappa shape index (κ2) is 10.3. The molecule has 1 saturated heterocycles. The molecule has 1 aliphatic heterocycles. The van der Waals surface area contributed by atoms with Crippen LogP contribution >= 0.6 is 11.6 Å². The third kappa shape index (κ3) is 5.35. The van der Waals surface area contributed by atoms with Crippen molar-refractivity contribution in [3.05, 3.63) is 113 Å². The molecular weight excluding hydrogens is 406 g/mol. The van der Waals surface area contributed by atoms with Gasteiger partial charge in [-0.1, -0.05) is 90.5 Å². The standard InChI is InChI=1S/C26H26ClN3O/c27-24-14-8-7-9-21(24)15-16-28-26(31)30-19-17-29(18-20-30)25(22-10-3-1-4-11-22)23-12-5-2-6-13-23/h1-16,25H,17-20H2,(H,28,31)/b16-15+. The van der Waals surface area contributed by atoms with E-state index in [1.54, 1.807) is 6.20 Å². The zero-order valence-electron chi connectivity index (χ0n) is 17.3. The van der Waals surface area contributed by atoms with Crippen LogP contribution in [0.2, 0.25) is 5.02 Å². The molecule has 0 aliphatic carbocycles. The molecule has 2 amide bonds. The van der Waals surface area contributed by atoms with Crippen molar-refractivity contribution in [1.29, 1.82) is 0 Å². The van der Waals surface area contributed by atoms with E-state index in [4.69, 9.17) is 11.6 Å². The molecule has 4 rings (SSSR count). The topological polar surface area (TPSA) is 35.6 Å². The van der Waals surface area contributed by atoms with E-state index in [0.717, 1.165) is 18.7 Å². The molecule has 1 fully saturated rings. The van der Waals surface area contributed by atoms with Crippen molar-refractivity contribution in [3.8, 4) is 0 Å². The average Bonchev–Trinajstić information content (AvgIpc) is 2.82. The molecule has 4 nitrogen and oxygen atoms in total. The monoisotopic (exact) mass is 431 g/mol. The van der Waals surface area contributed by atoms with Gasteiger partial charge in [0.15, 0.2) is 0 Å². The highest BCUT2D eigenvalue weighted by Gasteiger charge is 2.27. The molecule has 1 N–H and O–H groups in total. The molecule has 31 heavy (non-hydrogen) atoms. The number of hydrogen-bond acceptors (Lipinski definition) is 2. The van der Waals surface area contributed by atoms with Gasteiger partial charge in [0, 0.05) is 37.4 Å². The summed E-state index contributed by atoms with van der Waals surface area (Å²) in [6.45, 7) is 3.00. The number of carbonyl (C=O) groups excluding carboxylic acids is 1. The van der Waals surface area contributed by atoms with E-state index in [0.29, 0.717) is 18.1 Å². The Morgan fingerprint density at radius 1 is 0.806 bits per heavy atom. The summed E-state index contributed by atoms with van der Waals surface area (Å²) < 4.78 is 0. The molecule has 0 radical (unpaired) electrons. The van der Waals surface area contributed by atoms with Crippen molar-refractivity contribution in [1.82, 2.24) is 15.1 Å². The highest BCUT2D eigenvalue weighted by molar-refractivity contribution is 6.32. The summed E-state index contributed by atoms with van der Waals surface area (Å²) >= 11 is 6.16. The van der Waals surface area contributed by atoms with Crippen molar-refractivity contribution < 1.29 is 4.79 Å². The van der Waals surface area contributed by atoms with E-state index in [9.17, 15) is 4.79 Å². The Balaban J connectivity index is 1.38. The molecular formula is C26H26ClN3O. The maximum atomic E-state index is 12.6. The molecule has 0 unspecified atom stereocenters. The van der Waals surface area contributed by atoms with Gasteiger partial charge in [-0.05, 0) is 28.8 Å². The maximum absolute atomic E-state index is 12.6. The third-order valence-corrected chi connectivity index (χ3v) is 5.92. The summed E-state index contributed by atoms with van der Waals surface area (Å²) in [7, 11) is 0. The lowest BCUT2D eigenvalue weighted by Crippen LogP contribution is -2.51. The van der Waals surface area contributed by atoms with Gasteiger partial charge in [0.25, 0.3) is 0 Å². The van der Waals surface area contributed by atoms with Crippen molar-refractivity contribution in [2.45, 2.75) is 6.04 Å². The van der Waals surface area contributed by atoms with Gasteiger partial charge in [0.1, 0.15) is 0 Å². The van der Waals surface area contributed by atoms with Crippen molar-refractivity contribution in [3.63, 3.8) is 0 Å². The maximum Gasteiger partial charge on any atom is 0.321 e. The van der Waals surface area contributed by atoms with Crippen molar-refractivity contribution in [2.75, 3.05) is 26.2 Å². The number of nitrogens with zero attached hydrogens (tertiary/aromatic N) is 2. The molecule has 3 aromatic carbocycles. The second-order valence-corrected chi connectivity index (χ2v) is 7.96. The normalized spacial score (nSPS) is 14.8. The molecule has 5 heteroatoms. The molecule has 0 saturated carbocycles. The van der Waals surface area contributed by atoms with Crippen LogP contribution in [0.4, 0.5) is 4.79 Å². The van der Waals surface area contributed by atoms with Crippen molar-refractivity contribution in [2.24, 2.45) is 0 Å². The minimum Gasteiger partial charge on any atom is -0.322 e. The Labute approximate surface area is 188 Å². The van der Waals surface area contributed by atoms with E-state index < -0.39 is 0 Å². The Kier molecular flexibility index (Phi) is 7.03. The van der Waals surface area contributed by atoms with Crippen LogP contribution in [0, 0.1) is 0 Å². The smallest absolute Gasteiger partial charge is 0.321 e. The first-order valence-corrected chi connectivity index (χ1v) is 10.9. The van der Waals surface area contributed by atoms with Crippen LogP contribution < -0.4 is 5.32 Å². The van der Waals surface area contributed by atoms with E-state index in [2.05, 4.69) is 58.7 Å². The summed E-state index contributed by atoms with van der Waals surface area (Å²) in [4.78, 5) is 16.9. The lowest BCUT2D eigenvalue weighted by molar-refractivity contribution is 0.122. The summed E-state index contributed by atoms with van der Waals surface area (Å²) in [5, 5.41) is 3.53. The number of hydrogen-bond donors (Lipinski definition) is 1. The largest absolute Gasteiger partial charge is 0.322 e. The van der Waals surface area contributed by atoms with Gasteiger partial charge in [-0.2, -0.15) is 0 Å². The molecule has 1 heterocycles. The van der Waals surface area contributed by atoms with Gasteiger partial charge >= 0.3 is 6.03 Å². The van der Waals surface area contributed by atoms with Crippen LogP contribution in [0.15, 0.2) is 91.1 Å². The van der Waals surface area contributed by atoms with Crippen LogP contribution in [0.1, 0.15) is 22.7 Å². The lowest BCUT2D eigenvalue weighted by atomic mass is 9.96. The fourth-order valence-electron chi connectivity index (χ4n) is 3.97. The van der Waals surface area contributed by atoms with Crippen molar-refractivity contribution >= 4 is 23.7 Å². The van der Waals surface area contributed by atoms with Crippen LogP contribution in [0.25, 0.3) is 6.08 Å². The Bertz CT molecular complexity index is 976. The first-order valence-electron chi connectivity index (χ1n) is 10.5. The predicted octanol–water partition coefficient (Wildman–Crippen LogP) is 5.43. The first kappa shape index (κ1) is 21.2.